The number of aryl methyl sites for hydroxylation is 1. The predicted octanol–water partition coefficient (Wildman–Crippen LogP) is 4.10. The molecular weight excluding hydrogens is 412 g/mol. The number of thiazole rings is 1. The van der Waals surface area contributed by atoms with Gasteiger partial charge < -0.3 is 14.8 Å². The maximum absolute atomic E-state index is 12.3. The summed E-state index contributed by atoms with van der Waals surface area (Å²) in [6.45, 7) is -0.287. The zero-order chi connectivity index (χ0) is 21.6. The van der Waals surface area contributed by atoms with Crippen molar-refractivity contribution in [2.24, 2.45) is 0 Å². The van der Waals surface area contributed by atoms with Gasteiger partial charge in [-0.05, 0) is 42.5 Å². The smallest absolute Gasteiger partial charge is 0.312 e. The molecule has 2 aromatic carbocycles. The van der Waals surface area contributed by atoms with Gasteiger partial charge in [0.1, 0.15) is 10.8 Å². The van der Waals surface area contributed by atoms with Gasteiger partial charge >= 0.3 is 5.97 Å². The fraction of sp³-hybridized carbons (Fsp3) is 0.292. The number of nitrogens with zero attached hydrogens (tertiary/aromatic N) is 1. The lowest BCUT2D eigenvalue weighted by atomic mass is 9.88. The number of esters is 1. The van der Waals surface area contributed by atoms with Gasteiger partial charge in [0.25, 0.3) is 5.91 Å². The Labute approximate surface area is 185 Å². The number of carbonyl (C=O) groups is 2. The highest BCUT2D eigenvalue weighted by atomic mass is 32.1. The van der Waals surface area contributed by atoms with E-state index in [9.17, 15) is 9.59 Å². The van der Waals surface area contributed by atoms with Crippen molar-refractivity contribution in [1.29, 1.82) is 0 Å². The van der Waals surface area contributed by atoms with Gasteiger partial charge in [0, 0.05) is 10.9 Å². The minimum absolute atomic E-state index is 0.0277. The number of ether oxygens (including phenoxy) is 2. The first-order valence-corrected chi connectivity index (χ1v) is 11.1. The van der Waals surface area contributed by atoms with Crippen molar-refractivity contribution >= 4 is 23.2 Å². The molecule has 0 bridgehead atoms. The largest absolute Gasteiger partial charge is 0.497 e. The Bertz CT molecular complexity index is 1080. The fourth-order valence-corrected chi connectivity index (χ4v) is 4.58. The number of hydrogen-bond acceptors (Lipinski definition) is 6. The van der Waals surface area contributed by atoms with Crippen LogP contribution in [-0.4, -0.2) is 30.6 Å². The van der Waals surface area contributed by atoms with Crippen LogP contribution < -0.4 is 10.1 Å². The Morgan fingerprint density at radius 1 is 1.19 bits per heavy atom. The van der Waals surface area contributed by atoms with Crippen LogP contribution in [-0.2, 0) is 27.2 Å². The van der Waals surface area contributed by atoms with E-state index < -0.39 is 5.97 Å². The Balaban J connectivity index is 1.28. The van der Waals surface area contributed by atoms with E-state index in [4.69, 9.17) is 9.47 Å². The molecule has 1 atom stereocenters. The van der Waals surface area contributed by atoms with Crippen molar-refractivity contribution in [3.63, 3.8) is 0 Å². The van der Waals surface area contributed by atoms with Crippen LogP contribution in [0.25, 0.3) is 10.6 Å². The first kappa shape index (κ1) is 21.1. The number of rotatable bonds is 7. The number of benzene rings is 2. The van der Waals surface area contributed by atoms with E-state index in [1.54, 1.807) is 7.11 Å². The number of aromatic nitrogens is 1. The molecule has 0 saturated heterocycles. The van der Waals surface area contributed by atoms with Crippen LogP contribution in [0.1, 0.15) is 35.7 Å². The monoisotopic (exact) mass is 436 g/mol. The van der Waals surface area contributed by atoms with E-state index in [1.165, 1.54) is 16.9 Å². The molecule has 1 N–H and O–H groups in total. The van der Waals surface area contributed by atoms with E-state index in [2.05, 4.69) is 16.4 Å². The summed E-state index contributed by atoms with van der Waals surface area (Å²) in [6, 6.07) is 15.7. The molecule has 160 valence electrons. The highest BCUT2D eigenvalue weighted by molar-refractivity contribution is 7.13. The molecule has 1 heterocycles. The van der Waals surface area contributed by atoms with Crippen molar-refractivity contribution in [2.75, 3.05) is 13.7 Å². The maximum Gasteiger partial charge on any atom is 0.312 e. The normalized spacial score (nSPS) is 15.1. The lowest BCUT2D eigenvalue weighted by molar-refractivity contribution is -0.148. The summed E-state index contributed by atoms with van der Waals surface area (Å²) in [5.74, 6) is -0.00708. The van der Waals surface area contributed by atoms with Crippen molar-refractivity contribution in [2.45, 2.75) is 31.7 Å². The summed E-state index contributed by atoms with van der Waals surface area (Å²) in [4.78, 5) is 29.0. The third-order valence-electron chi connectivity index (χ3n) is 5.26. The SMILES string of the molecule is COc1cccc(-c2nc(CC(=O)OCC(=O)N[C@H]3CCCc4ccccc43)cs2)c1. The van der Waals surface area contributed by atoms with Crippen LogP contribution in [0.4, 0.5) is 0 Å². The first-order valence-electron chi connectivity index (χ1n) is 10.2. The zero-order valence-corrected chi connectivity index (χ0v) is 18.1. The number of carbonyl (C=O) groups excluding carboxylic acids is 2. The molecule has 1 aliphatic carbocycles. The number of methoxy groups -OCH3 is 1. The summed E-state index contributed by atoms with van der Waals surface area (Å²) in [6.07, 6.45) is 2.98. The third kappa shape index (κ3) is 5.30. The van der Waals surface area contributed by atoms with Gasteiger partial charge in [-0.25, -0.2) is 4.98 Å². The molecule has 6 nitrogen and oxygen atoms in total. The summed E-state index contributed by atoms with van der Waals surface area (Å²) in [5.41, 5.74) is 3.97. The van der Waals surface area contributed by atoms with E-state index in [0.717, 1.165) is 41.1 Å². The number of nitrogens with one attached hydrogen (secondary N) is 1. The maximum atomic E-state index is 12.3. The van der Waals surface area contributed by atoms with Crippen molar-refractivity contribution in [1.82, 2.24) is 10.3 Å². The average Bonchev–Trinajstić information content (AvgIpc) is 3.26. The zero-order valence-electron chi connectivity index (χ0n) is 17.3. The Hall–Kier alpha value is -3.19. The molecule has 1 aliphatic rings. The second-order valence-corrected chi connectivity index (χ2v) is 8.28. The molecule has 0 saturated carbocycles. The molecule has 0 unspecified atom stereocenters. The van der Waals surface area contributed by atoms with Crippen molar-refractivity contribution in [3.8, 4) is 16.3 Å². The van der Waals surface area contributed by atoms with E-state index >= 15 is 0 Å². The van der Waals surface area contributed by atoms with Gasteiger partial charge in [0.2, 0.25) is 0 Å². The lowest BCUT2D eigenvalue weighted by Crippen LogP contribution is -2.34. The minimum Gasteiger partial charge on any atom is -0.497 e. The highest BCUT2D eigenvalue weighted by Gasteiger charge is 2.22. The summed E-state index contributed by atoms with van der Waals surface area (Å²) in [5, 5.41) is 5.62. The van der Waals surface area contributed by atoms with Gasteiger partial charge in [-0.1, -0.05) is 36.4 Å². The molecule has 31 heavy (non-hydrogen) atoms. The first-order chi connectivity index (χ1) is 15.1. The van der Waals surface area contributed by atoms with E-state index in [1.807, 2.05) is 47.8 Å². The average molecular weight is 437 g/mol. The van der Waals surface area contributed by atoms with Crippen LogP contribution in [0.5, 0.6) is 5.75 Å². The third-order valence-corrected chi connectivity index (χ3v) is 6.20. The fourth-order valence-electron chi connectivity index (χ4n) is 3.76. The van der Waals surface area contributed by atoms with Gasteiger partial charge in [0.15, 0.2) is 6.61 Å². The molecule has 4 rings (SSSR count). The molecule has 1 amide bonds. The van der Waals surface area contributed by atoms with Crippen LogP contribution in [0.3, 0.4) is 0 Å². The van der Waals surface area contributed by atoms with Crippen LogP contribution in [0.15, 0.2) is 53.9 Å². The van der Waals surface area contributed by atoms with Gasteiger partial charge in [-0.3, -0.25) is 9.59 Å². The number of hydrogen-bond donors (Lipinski definition) is 1. The van der Waals surface area contributed by atoms with Gasteiger partial charge in [-0.15, -0.1) is 11.3 Å². The quantitative estimate of drug-likeness (QED) is 0.564. The topological polar surface area (TPSA) is 77.5 Å². The van der Waals surface area contributed by atoms with Crippen molar-refractivity contribution in [3.05, 3.63) is 70.7 Å². The predicted molar refractivity (Wildman–Crippen MR) is 119 cm³/mol. The summed E-state index contributed by atoms with van der Waals surface area (Å²) >= 11 is 1.45. The molecule has 0 radical (unpaired) electrons. The molecule has 3 aromatic rings. The van der Waals surface area contributed by atoms with Crippen LogP contribution in [0, 0.1) is 0 Å². The van der Waals surface area contributed by atoms with Crippen molar-refractivity contribution < 1.29 is 19.1 Å². The van der Waals surface area contributed by atoms with Gasteiger partial charge in [-0.2, -0.15) is 0 Å². The molecule has 7 heteroatoms. The summed E-state index contributed by atoms with van der Waals surface area (Å²) < 4.78 is 10.4. The Morgan fingerprint density at radius 2 is 2.06 bits per heavy atom. The molecule has 0 aliphatic heterocycles. The number of fused-ring (bicyclic) bond motifs is 1. The number of amides is 1. The second kappa shape index (κ2) is 9.75. The summed E-state index contributed by atoms with van der Waals surface area (Å²) in [7, 11) is 1.62. The molecule has 0 spiro atoms. The standard InChI is InChI=1S/C24H24N2O4S/c1-29-19-9-4-8-17(12-19)24-25-18(15-31-24)13-23(28)30-14-22(27)26-21-11-5-7-16-6-2-3-10-20(16)21/h2-4,6,8-10,12,15,21H,5,7,11,13-14H2,1H3,(H,26,27)/t21-/m0/s1. The Kier molecular flexibility index (Phi) is 6.62. The van der Waals surface area contributed by atoms with Gasteiger partial charge in [0.05, 0.1) is 25.3 Å². The second-order valence-electron chi connectivity index (χ2n) is 7.42. The molecule has 1 aromatic heterocycles. The van der Waals surface area contributed by atoms with Crippen LogP contribution >= 0.6 is 11.3 Å². The van der Waals surface area contributed by atoms with E-state index in [0.29, 0.717) is 5.69 Å². The van der Waals surface area contributed by atoms with Crippen LogP contribution in [0.2, 0.25) is 0 Å². The van der Waals surface area contributed by atoms with E-state index in [-0.39, 0.29) is 25.0 Å². The lowest BCUT2D eigenvalue weighted by Gasteiger charge is -2.26. The molecule has 0 fully saturated rings. The highest BCUT2D eigenvalue weighted by Crippen LogP contribution is 2.29. The minimum atomic E-state index is -0.471. The molecular formula is C24H24N2O4S. The Morgan fingerprint density at radius 3 is 2.94 bits per heavy atom.